The molecule has 0 radical (unpaired) electrons. The van der Waals surface area contributed by atoms with E-state index in [-0.39, 0.29) is 0 Å². The van der Waals surface area contributed by atoms with Crippen LogP contribution in [-0.2, 0) is 10.0 Å². The van der Waals surface area contributed by atoms with Crippen molar-refractivity contribution in [1.82, 2.24) is 4.72 Å². The van der Waals surface area contributed by atoms with E-state index in [4.69, 9.17) is 0 Å². The van der Waals surface area contributed by atoms with Gasteiger partial charge in [0.05, 0.1) is 4.90 Å². The van der Waals surface area contributed by atoms with E-state index in [0.29, 0.717) is 11.4 Å². The van der Waals surface area contributed by atoms with Crippen molar-refractivity contribution >= 4 is 20.8 Å². The number of nitrogens with one attached hydrogen (secondary N) is 1. The molecule has 0 amide bonds. The lowest BCUT2D eigenvalue weighted by molar-refractivity contribution is 0.585. The maximum absolute atomic E-state index is 12.4. The molecule has 4 heteroatoms. The molecule has 0 unspecified atom stereocenters. The number of hydrogen-bond acceptors (Lipinski definition) is 2. The van der Waals surface area contributed by atoms with E-state index in [0.717, 1.165) is 23.6 Å². The molecular formula is C20H25NO2S. The maximum Gasteiger partial charge on any atom is 0.240 e. The Morgan fingerprint density at radius 1 is 1.00 bits per heavy atom. The zero-order valence-corrected chi connectivity index (χ0v) is 15.4. The van der Waals surface area contributed by atoms with Crippen LogP contribution in [0.2, 0.25) is 0 Å². The Labute approximate surface area is 145 Å². The van der Waals surface area contributed by atoms with Gasteiger partial charge in [-0.25, -0.2) is 13.1 Å². The van der Waals surface area contributed by atoms with Crippen LogP contribution in [-0.4, -0.2) is 15.0 Å². The first kappa shape index (κ1) is 18.4. The van der Waals surface area contributed by atoms with Gasteiger partial charge in [-0.3, -0.25) is 0 Å². The Morgan fingerprint density at radius 3 is 2.42 bits per heavy atom. The predicted molar refractivity (Wildman–Crippen MR) is 102 cm³/mol. The fraction of sp³-hybridized carbons (Fsp3) is 0.300. The summed E-state index contributed by atoms with van der Waals surface area (Å²) in [4.78, 5) is 0.303. The first-order valence-corrected chi connectivity index (χ1v) is 9.64. The number of allylic oxidation sites excluding steroid dienone is 3. The van der Waals surface area contributed by atoms with Crippen molar-refractivity contribution in [3.05, 3.63) is 65.8 Å². The fourth-order valence-electron chi connectivity index (χ4n) is 2.43. The van der Waals surface area contributed by atoms with Gasteiger partial charge in [0.15, 0.2) is 0 Å². The minimum atomic E-state index is -3.49. The summed E-state index contributed by atoms with van der Waals surface area (Å²) in [5.41, 5.74) is 2.49. The van der Waals surface area contributed by atoms with Crippen LogP contribution in [0, 0.1) is 0 Å². The van der Waals surface area contributed by atoms with Crippen LogP contribution >= 0.6 is 0 Å². The molecule has 0 saturated heterocycles. The third-order valence-electron chi connectivity index (χ3n) is 3.85. The molecule has 0 aliphatic carbocycles. The first-order valence-electron chi connectivity index (χ1n) is 8.16. The molecule has 0 spiro atoms. The largest absolute Gasteiger partial charge is 0.240 e. The van der Waals surface area contributed by atoms with Crippen molar-refractivity contribution < 1.29 is 8.42 Å². The number of fused-ring (bicyclic) bond motifs is 1. The Kier molecular flexibility index (Phi) is 6.35. The highest BCUT2D eigenvalue weighted by Gasteiger charge is 2.13. The summed E-state index contributed by atoms with van der Waals surface area (Å²) in [5, 5.41) is 1.96. The van der Waals surface area contributed by atoms with E-state index in [1.54, 1.807) is 12.1 Å². The second kappa shape index (κ2) is 8.27. The van der Waals surface area contributed by atoms with Gasteiger partial charge in [0.25, 0.3) is 0 Å². The van der Waals surface area contributed by atoms with E-state index >= 15 is 0 Å². The SMILES string of the molecule is CC(C)=CCC/C(C)=C/CNS(=O)(=O)c1ccc2ccccc2c1. The Balaban J connectivity index is 2.01. The fourth-order valence-corrected chi connectivity index (χ4v) is 3.43. The molecule has 128 valence electrons. The minimum absolute atomic E-state index is 0.303. The summed E-state index contributed by atoms with van der Waals surface area (Å²) < 4.78 is 27.5. The quantitative estimate of drug-likeness (QED) is 0.733. The van der Waals surface area contributed by atoms with Crippen molar-refractivity contribution in [2.75, 3.05) is 6.54 Å². The van der Waals surface area contributed by atoms with Gasteiger partial charge in [-0.05, 0) is 56.5 Å². The van der Waals surface area contributed by atoms with Gasteiger partial charge >= 0.3 is 0 Å². The zero-order chi connectivity index (χ0) is 17.6. The van der Waals surface area contributed by atoms with Gasteiger partial charge < -0.3 is 0 Å². The lowest BCUT2D eigenvalue weighted by Gasteiger charge is -2.07. The number of sulfonamides is 1. The van der Waals surface area contributed by atoms with Crippen LogP contribution in [0.15, 0.2) is 70.7 Å². The van der Waals surface area contributed by atoms with Gasteiger partial charge in [0, 0.05) is 6.54 Å². The van der Waals surface area contributed by atoms with E-state index in [2.05, 4.69) is 24.6 Å². The van der Waals surface area contributed by atoms with Gasteiger partial charge in [0.2, 0.25) is 10.0 Å². The average Bonchev–Trinajstić information content (AvgIpc) is 2.54. The molecule has 0 atom stereocenters. The Morgan fingerprint density at radius 2 is 1.71 bits per heavy atom. The number of benzene rings is 2. The van der Waals surface area contributed by atoms with Crippen molar-refractivity contribution in [1.29, 1.82) is 0 Å². The number of rotatable bonds is 7. The molecule has 0 bridgehead atoms. The van der Waals surface area contributed by atoms with Crippen LogP contribution < -0.4 is 4.72 Å². The van der Waals surface area contributed by atoms with Gasteiger partial charge in [0.1, 0.15) is 0 Å². The molecular weight excluding hydrogens is 318 g/mol. The molecule has 0 aliphatic heterocycles. The minimum Gasteiger partial charge on any atom is -0.207 e. The molecule has 0 saturated carbocycles. The summed E-state index contributed by atoms with van der Waals surface area (Å²) in [6.45, 7) is 6.51. The average molecular weight is 343 g/mol. The lowest BCUT2D eigenvalue weighted by atomic mass is 10.1. The molecule has 3 nitrogen and oxygen atoms in total. The van der Waals surface area contributed by atoms with Gasteiger partial charge in [-0.15, -0.1) is 0 Å². The second-order valence-electron chi connectivity index (χ2n) is 6.23. The van der Waals surface area contributed by atoms with Crippen LogP contribution in [0.1, 0.15) is 33.6 Å². The van der Waals surface area contributed by atoms with Crippen LogP contribution in [0.3, 0.4) is 0 Å². The molecule has 24 heavy (non-hydrogen) atoms. The highest BCUT2D eigenvalue weighted by molar-refractivity contribution is 7.89. The molecule has 2 aromatic carbocycles. The third kappa shape index (κ3) is 5.32. The summed E-state index contributed by atoms with van der Waals surface area (Å²) >= 11 is 0. The highest BCUT2D eigenvalue weighted by Crippen LogP contribution is 2.18. The van der Waals surface area contributed by atoms with E-state index in [9.17, 15) is 8.42 Å². The number of hydrogen-bond donors (Lipinski definition) is 1. The molecule has 1 N–H and O–H groups in total. The van der Waals surface area contributed by atoms with Crippen molar-refractivity contribution in [3.8, 4) is 0 Å². The molecule has 2 rings (SSSR count). The molecule has 2 aromatic rings. The summed E-state index contributed by atoms with van der Waals surface area (Å²) in [6.07, 6.45) is 6.07. The van der Waals surface area contributed by atoms with Gasteiger partial charge in [-0.2, -0.15) is 0 Å². The van der Waals surface area contributed by atoms with Crippen LogP contribution in [0.5, 0.6) is 0 Å². The molecule has 0 fully saturated rings. The Bertz CT molecular complexity index is 860. The normalized spacial score (nSPS) is 12.4. The summed E-state index contributed by atoms with van der Waals surface area (Å²) in [6, 6.07) is 12.9. The molecule has 0 heterocycles. The van der Waals surface area contributed by atoms with Crippen molar-refractivity contribution in [2.24, 2.45) is 0 Å². The van der Waals surface area contributed by atoms with Crippen LogP contribution in [0.25, 0.3) is 10.8 Å². The van der Waals surface area contributed by atoms with Crippen LogP contribution in [0.4, 0.5) is 0 Å². The standard InChI is InChI=1S/C20H25NO2S/c1-16(2)7-6-8-17(3)13-14-21-24(22,23)20-12-11-18-9-4-5-10-19(18)15-20/h4-5,7,9-13,15,21H,6,8,14H2,1-3H3/b17-13+. The smallest absolute Gasteiger partial charge is 0.207 e. The zero-order valence-electron chi connectivity index (χ0n) is 14.5. The summed E-state index contributed by atoms with van der Waals surface area (Å²) in [5.74, 6) is 0. The van der Waals surface area contributed by atoms with Crippen molar-refractivity contribution in [2.45, 2.75) is 38.5 Å². The highest BCUT2D eigenvalue weighted by atomic mass is 32.2. The Hall–Kier alpha value is -1.91. The molecule has 0 aromatic heterocycles. The second-order valence-corrected chi connectivity index (χ2v) is 8.00. The predicted octanol–water partition coefficient (Wildman–Crippen LogP) is 4.81. The summed E-state index contributed by atoms with van der Waals surface area (Å²) in [7, 11) is -3.49. The first-order chi connectivity index (χ1) is 11.4. The molecule has 0 aliphatic rings. The van der Waals surface area contributed by atoms with E-state index in [1.165, 1.54) is 11.1 Å². The monoisotopic (exact) mass is 343 g/mol. The lowest BCUT2D eigenvalue weighted by Crippen LogP contribution is -2.23. The van der Waals surface area contributed by atoms with Gasteiger partial charge in [-0.1, -0.05) is 53.6 Å². The van der Waals surface area contributed by atoms with E-state index < -0.39 is 10.0 Å². The third-order valence-corrected chi connectivity index (χ3v) is 5.27. The topological polar surface area (TPSA) is 46.2 Å². The maximum atomic E-state index is 12.4. The van der Waals surface area contributed by atoms with Crippen molar-refractivity contribution in [3.63, 3.8) is 0 Å². The van der Waals surface area contributed by atoms with E-state index in [1.807, 2.05) is 43.3 Å².